The molecule has 0 radical (unpaired) electrons. The third-order valence-electron chi connectivity index (χ3n) is 4.79. The van der Waals surface area contributed by atoms with Crippen molar-refractivity contribution in [2.24, 2.45) is 0 Å². The molecule has 1 N–H and O–H groups in total. The van der Waals surface area contributed by atoms with Crippen molar-refractivity contribution in [3.8, 4) is 23.0 Å². The molecule has 0 aliphatic heterocycles. The molecule has 184 valence electrons. The number of aromatic nitrogens is 2. The molecule has 1 aromatic heterocycles. The number of hydrogen-bond acceptors (Lipinski definition) is 7. The van der Waals surface area contributed by atoms with Gasteiger partial charge >= 0.3 is 5.97 Å². The predicted molar refractivity (Wildman–Crippen MR) is 140 cm³/mol. The fourth-order valence-electron chi connectivity index (χ4n) is 3.05. The number of aliphatic carboxylic acids is 1. The molecule has 3 aromatic carbocycles. The summed E-state index contributed by atoms with van der Waals surface area (Å²) in [5.74, 6) is 0.107. The average molecular weight is 564 g/mol. The minimum atomic E-state index is -1.14. The molecule has 0 saturated heterocycles. The van der Waals surface area contributed by atoms with Crippen LogP contribution in [0.15, 0.2) is 75.2 Å². The maximum absolute atomic E-state index is 11.8. The molecule has 0 unspecified atom stereocenters. The number of ether oxygens (including phenoxy) is 2. The quantitative estimate of drug-likeness (QED) is 0.165. The van der Waals surface area contributed by atoms with Crippen LogP contribution in [-0.2, 0) is 11.4 Å². The van der Waals surface area contributed by atoms with Gasteiger partial charge in [-0.2, -0.15) is 0 Å². The van der Waals surface area contributed by atoms with Gasteiger partial charge in [-0.25, -0.2) is 4.79 Å². The van der Waals surface area contributed by atoms with Gasteiger partial charge in [0.1, 0.15) is 23.0 Å². The highest BCUT2D eigenvalue weighted by molar-refractivity contribution is 8.03. The van der Waals surface area contributed by atoms with Crippen LogP contribution >= 0.6 is 46.6 Å². The normalized spacial score (nSPS) is 11.4. The minimum absolute atomic E-state index is 0.00938. The monoisotopic (exact) mass is 562 g/mol. The molecule has 1 heterocycles. The average Bonchev–Trinajstić information content (AvgIpc) is 3.32. The van der Waals surface area contributed by atoms with E-state index in [9.17, 15) is 9.90 Å². The van der Waals surface area contributed by atoms with E-state index in [0.29, 0.717) is 37.7 Å². The van der Waals surface area contributed by atoms with E-state index in [0.717, 1.165) is 17.3 Å². The predicted octanol–water partition coefficient (Wildman–Crippen LogP) is 7.50. The summed E-state index contributed by atoms with van der Waals surface area (Å²) in [6.07, 6.45) is 1.50. The van der Waals surface area contributed by atoms with Crippen molar-refractivity contribution in [3.05, 3.63) is 91.8 Å². The Morgan fingerprint density at radius 1 is 1.03 bits per heavy atom. The lowest BCUT2D eigenvalue weighted by Gasteiger charge is -2.08. The largest absolute Gasteiger partial charge is 0.496 e. The highest BCUT2D eigenvalue weighted by Crippen LogP contribution is 2.35. The van der Waals surface area contributed by atoms with Gasteiger partial charge in [0.05, 0.1) is 12.7 Å². The fraction of sp³-hybridized carbons (Fsp3) is 0.0800. The minimum Gasteiger partial charge on any atom is -0.496 e. The summed E-state index contributed by atoms with van der Waals surface area (Å²) < 4.78 is 16.7. The Bertz CT molecular complexity index is 1420. The first-order chi connectivity index (χ1) is 17.3. The molecule has 4 rings (SSSR count). The number of carboxylic acids is 1. The Morgan fingerprint density at radius 2 is 1.75 bits per heavy atom. The second kappa shape index (κ2) is 11.7. The molecule has 11 heteroatoms. The van der Waals surface area contributed by atoms with E-state index in [2.05, 4.69) is 10.2 Å². The van der Waals surface area contributed by atoms with Gasteiger partial charge in [0.15, 0.2) is 0 Å². The lowest BCUT2D eigenvalue weighted by molar-refractivity contribution is -0.131. The SMILES string of the molecule is COc1ccc(Cl)cc1-c1nnc(S/C(=C\c2ccc(OCc3ccc(Cl)cc3Cl)cc2)C(=O)O)o1. The Hall–Kier alpha value is -3.17. The molecule has 0 aliphatic rings. The summed E-state index contributed by atoms with van der Waals surface area (Å²) in [6.45, 7) is 0.262. The zero-order valence-corrected chi connectivity index (χ0v) is 21.7. The standard InChI is InChI=1S/C25H17Cl3N2O5S/c1-33-21-9-6-16(26)11-19(21)23-29-30-25(35-23)36-22(24(31)32)10-14-2-7-18(8-3-14)34-13-15-4-5-17(27)12-20(15)28/h2-12H,13H2,1H3,(H,31,32)/b22-10-. The molecule has 0 atom stereocenters. The van der Waals surface area contributed by atoms with E-state index in [1.165, 1.54) is 13.2 Å². The van der Waals surface area contributed by atoms with Gasteiger partial charge in [0, 0.05) is 20.6 Å². The maximum Gasteiger partial charge on any atom is 0.342 e. The third-order valence-corrected chi connectivity index (χ3v) is 6.47. The molecule has 36 heavy (non-hydrogen) atoms. The molecule has 4 aromatic rings. The van der Waals surface area contributed by atoms with Gasteiger partial charge < -0.3 is 19.0 Å². The number of methoxy groups -OCH3 is 1. The smallest absolute Gasteiger partial charge is 0.342 e. The summed E-state index contributed by atoms with van der Waals surface area (Å²) in [7, 11) is 1.51. The van der Waals surface area contributed by atoms with Crippen LogP contribution in [0.3, 0.4) is 0 Å². The molecule has 7 nitrogen and oxygen atoms in total. The van der Waals surface area contributed by atoms with Gasteiger partial charge in [-0.15, -0.1) is 10.2 Å². The second-order valence-corrected chi connectivity index (χ2v) is 9.50. The molecule has 0 fully saturated rings. The lowest BCUT2D eigenvalue weighted by atomic mass is 10.2. The number of halogens is 3. The van der Waals surface area contributed by atoms with Crippen LogP contribution in [0.25, 0.3) is 17.5 Å². The van der Waals surface area contributed by atoms with Gasteiger partial charge in [0.2, 0.25) is 0 Å². The van der Waals surface area contributed by atoms with Gasteiger partial charge in [-0.05, 0) is 65.9 Å². The number of thioether (sulfide) groups is 1. The summed E-state index contributed by atoms with van der Waals surface area (Å²) in [5, 5.41) is 19.2. The maximum atomic E-state index is 11.8. The molecular weight excluding hydrogens is 547 g/mol. The molecule has 0 spiro atoms. The number of carboxylic acid groups (broad SMARTS) is 1. The summed E-state index contributed by atoms with van der Waals surface area (Å²) in [6, 6.07) is 17.1. The van der Waals surface area contributed by atoms with Crippen LogP contribution in [0.2, 0.25) is 15.1 Å². The topological polar surface area (TPSA) is 94.7 Å². The zero-order valence-electron chi connectivity index (χ0n) is 18.6. The lowest BCUT2D eigenvalue weighted by Crippen LogP contribution is -1.97. The van der Waals surface area contributed by atoms with Crippen LogP contribution in [0.1, 0.15) is 11.1 Å². The van der Waals surface area contributed by atoms with Crippen LogP contribution in [0.5, 0.6) is 11.5 Å². The van der Waals surface area contributed by atoms with Crippen molar-refractivity contribution in [2.45, 2.75) is 11.8 Å². The fourth-order valence-corrected chi connectivity index (χ4v) is 4.36. The van der Waals surface area contributed by atoms with Crippen molar-refractivity contribution in [1.29, 1.82) is 0 Å². The highest BCUT2D eigenvalue weighted by atomic mass is 35.5. The van der Waals surface area contributed by atoms with E-state index < -0.39 is 5.97 Å². The highest BCUT2D eigenvalue weighted by Gasteiger charge is 2.18. The number of nitrogens with zero attached hydrogens (tertiary/aromatic N) is 2. The van der Waals surface area contributed by atoms with Crippen molar-refractivity contribution in [1.82, 2.24) is 10.2 Å². The van der Waals surface area contributed by atoms with Gasteiger partial charge in [-0.1, -0.05) is 53.0 Å². The van der Waals surface area contributed by atoms with E-state index in [1.807, 2.05) is 0 Å². The van der Waals surface area contributed by atoms with Gasteiger partial charge in [-0.3, -0.25) is 0 Å². The Balaban J connectivity index is 1.46. The number of benzene rings is 3. The molecule has 0 aliphatic carbocycles. The first-order valence-electron chi connectivity index (χ1n) is 10.3. The zero-order chi connectivity index (χ0) is 25.7. The Labute approximate surface area is 225 Å². The van der Waals surface area contributed by atoms with E-state index in [-0.39, 0.29) is 22.6 Å². The summed E-state index contributed by atoms with van der Waals surface area (Å²) in [5.41, 5.74) is 1.94. The van der Waals surface area contributed by atoms with Crippen molar-refractivity contribution in [2.75, 3.05) is 7.11 Å². The van der Waals surface area contributed by atoms with E-state index >= 15 is 0 Å². The Morgan fingerprint density at radius 3 is 2.44 bits per heavy atom. The summed E-state index contributed by atoms with van der Waals surface area (Å²) in [4.78, 5) is 11.8. The molecular formula is C25H17Cl3N2O5S. The van der Waals surface area contributed by atoms with E-state index in [4.69, 9.17) is 48.7 Å². The van der Waals surface area contributed by atoms with Crippen molar-refractivity contribution >= 4 is 58.6 Å². The van der Waals surface area contributed by atoms with Crippen molar-refractivity contribution < 1.29 is 23.8 Å². The third kappa shape index (κ3) is 6.53. The van der Waals surface area contributed by atoms with Gasteiger partial charge in [0.25, 0.3) is 11.1 Å². The molecule has 0 amide bonds. The van der Waals surface area contributed by atoms with Crippen molar-refractivity contribution in [3.63, 3.8) is 0 Å². The second-order valence-electron chi connectivity index (χ2n) is 7.23. The van der Waals surface area contributed by atoms with Crippen LogP contribution in [0, 0.1) is 0 Å². The van der Waals surface area contributed by atoms with Crippen LogP contribution in [-0.4, -0.2) is 28.4 Å². The summed E-state index contributed by atoms with van der Waals surface area (Å²) >= 11 is 19.0. The van der Waals surface area contributed by atoms with Crippen LogP contribution < -0.4 is 9.47 Å². The number of hydrogen-bond donors (Lipinski definition) is 1. The number of rotatable bonds is 9. The Kier molecular flexibility index (Phi) is 8.43. The first kappa shape index (κ1) is 25.9. The number of carbonyl (C=O) groups is 1. The first-order valence-corrected chi connectivity index (χ1v) is 12.2. The van der Waals surface area contributed by atoms with E-state index in [1.54, 1.807) is 60.7 Å². The molecule has 0 saturated carbocycles. The van der Waals surface area contributed by atoms with Crippen LogP contribution in [0.4, 0.5) is 0 Å². The molecule has 0 bridgehead atoms.